The molecule has 0 radical (unpaired) electrons. The van der Waals surface area contributed by atoms with E-state index >= 15 is 0 Å². The van der Waals surface area contributed by atoms with Gasteiger partial charge in [0.1, 0.15) is 11.5 Å². The number of carbonyl (C=O) groups excluding carboxylic acids is 1. The Bertz CT molecular complexity index is 1020. The number of nitrogens with zero attached hydrogens (tertiary/aromatic N) is 1. The maximum atomic E-state index is 11.9. The Balaban J connectivity index is 1.63. The molecule has 0 spiro atoms. The summed E-state index contributed by atoms with van der Waals surface area (Å²) in [6.45, 7) is 4.73. The van der Waals surface area contributed by atoms with Crippen molar-refractivity contribution in [3.63, 3.8) is 0 Å². The largest absolute Gasteiger partial charge is 0.493 e. The molecule has 1 heterocycles. The number of pyridine rings is 1. The van der Waals surface area contributed by atoms with Crippen LogP contribution in [0.25, 0.3) is 22.0 Å². The molecule has 0 atom stereocenters. The molecule has 0 fully saturated rings. The third-order valence-electron chi connectivity index (χ3n) is 6.16. The van der Waals surface area contributed by atoms with E-state index in [-0.39, 0.29) is 5.97 Å². The van der Waals surface area contributed by atoms with Gasteiger partial charge in [0, 0.05) is 23.6 Å². The van der Waals surface area contributed by atoms with E-state index in [4.69, 9.17) is 9.47 Å². The quantitative estimate of drug-likeness (QED) is 0.168. The summed E-state index contributed by atoms with van der Waals surface area (Å²) in [6, 6.07) is 16.0. The Morgan fingerprint density at radius 3 is 2.15 bits per heavy atom. The summed E-state index contributed by atoms with van der Waals surface area (Å²) in [5, 5.41) is 0.794. The summed E-state index contributed by atoms with van der Waals surface area (Å²) in [4.78, 5) is 16.4. The minimum absolute atomic E-state index is 0.257. The van der Waals surface area contributed by atoms with Gasteiger partial charge in [0.05, 0.1) is 12.1 Å². The van der Waals surface area contributed by atoms with Gasteiger partial charge in [-0.15, -0.1) is 0 Å². The van der Waals surface area contributed by atoms with Crippen LogP contribution in [0.4, 0.5) is 0 Å². The molecule has 0 bridgehead atoms. The first-order valence-electron chi connectivity index (χ1n) is 13.0. The smallest absolute Gasteiger partial charge is 0.310 e. The second-order valence-corrected chi connectivity index (χ2v) is 8.90. The fourth-order valence-corrected chi connectivity index (χ4v) is 4.17. The Labute approximate surface area is 204 Å². The summed E-state index contributed by atoms with van der Waals surface area (Å²) < 4.78 is 11.8. The standard InChI is InChI=1S/C30H39NO3/c1-3-5-6-7-8-9-10-11-12-16-21-33-29-23-26-27(22-25(29)24-17-14-13-15-18-24)31-20-19-28(26)34-30(32)4-2/h13-15,17-20,22-23H,3-12,16,21H2,1-2H3. The second kappa shape index (κ2) is 14.4. The van der Waals surface area contributed by atoms with Gasteiger partial charge < -0.3 is 9.47 Å². The van der Waals surface area contributed by atoms with Gasteiger partial charge in [0.2, 0.25) is 0 Å². The lowest BCUT2D eigenvalue weighted by Gasteiger charge is -2.15. The number of carbonyl (C=O) groups is 1. The van der Waals surface area contributed by atoms with Gasteiger partial charge in [-0.2, -0.15) is 0 Å². The number of esters is 1. The Morgan fingerprint density at radius 1 is 0.794 bits per heavy atom. The van der Waals surface area contributed by atoms with Gasteiger partial charge in [-0.25, -0.2) is 0 Å². The average molecular weight is 462 g/mol. The zero-order valence-corrected chi connectivity index (χ0v) is 20.9. The lowest BCUT2D eigenvalue weighted by Crippen LogP contribution is -2.06. The normalized spacial score (nSPS) is 11.0. The fourth-order valence-electron chi connectivity index (χ4n) is 4.17. The number of fused-ring (bicyclic) bond motifs is 1. The van der Waals surface area contributed by atoms with Crippen LogP contribution in [0.5, 0.6) is 11.5 Å². The molecule has 0 aliphatic carbocycles. The number of ether oxygens (including phenoxy) is 2. The van der Waals surface area contributed by atoms with Gasteiger partial charge in [0.25, 0.3) is 0 Å². The van der Waals surface area contributed by atoms with Crippen molar-refractivity contribution in [2.75, 3.05) is 6.61 Å². The molecule has 0 saturated heterocycles. The van der Waals surface area contributed by atoms with Gasteiger partial charge in [-0.05, 0) is 30.2 Å². The van der Waals surface area contributed by atoms with Crippen LogP contribution in [0.1, 0.15) is 84.5 Å². The molecule has 3 rings (SSSR count). The van der Waals surface area contributed by atoms with Crippen molar-refractivity contribution in [3.8, 4) is 22.6 Å². The Morgan fingerprint density at radius 2 is 1.47 bits per heavy atom. The number of aromatic nitrogens is 1. The summed E-state index contributed by atoms with van der Waals surface area (Å²) in [6.07, 6.45) is 15.0. The fraction of sp³-hybridized carbons (Fsp3) is 0.467. The van der Waals surface area contributed by atoms with Gasteiger partial charge >= 0.3 is 5.97 Å². The van der Waals surface area contributed by atoms with Crippen molar-refractivity contribution in [1.29, 1.82) is 0 Å². The number of hydrogen-bond donors (Lipinski definition) is 0. The molecule has 0 unspecified atom stereocenters. The van der Waals surface area contributed by atoms with Crippen molar-refractivity contribution in [3.05, 3.63) is 54.7 Å². The first kappa shape index (κ1) is 25.7. The molecule has 4 nitrogen and oxygen atoms in total. The SMILES string of the molecule is CCCCCCCCCCCCOc1cc2c(OC(=O)CC)ccnc2cc1-c1ccccc1. The van der Waals surface area contributed by atoms with Crippen molar-refractivity contribution < 1.29 is 14.3 Å². The second-order valence-electron chi connectivity index (χ2n) is 8.90. The number of rotatable bonds is 15. The molecule has 0 saturated carbocycles. The predicted octanol–water partition coefficient (Wildman–Crippen LogP) is 8.52. The molecule has 34 heavy (non-hydrogen) atoms. The molecule has 3 aromatic rings. The maximum Gasteiger partial charge on any atom is 0.310 e. The lowest BCUT2D eigenvalue weighted by molar-refractivity contribution is -0.133. The van der Waals surface area contributed by atoms with Crippen LogP contribution in [0, 0.1) is 0 Å². The summed E-state index contributed by atoms with van der Waals surface area (Å²) in [7, 11) is 0. The van der Waals surface area contributed by atoms with E-state index in [2.05, 4.69) is 24.0 Å². The first-order chi connectivity index (χ1) is 16.7. The molecule has 0 aliphatic rings. The monoisotopic (exact) mass is 461 g/mol. The van der Waals surface area contributed by atoms with Crippen molar-refractivity contribution in [2.45, 2.75) is 84.5 Å². The lowest BCUT2D eigenvalue weighted by atomic mass is 10.0. The van der Waals surface area contributed by atoms with E-state index in [9.17, 15) is 4.79 Å². The van der Waals surface area contributed by atoms with E-state index < -0.39 is 0 Å². The summed E-state index contributed by atoms with van der Waals surface area (Å²) >= 11 is 0. The Hall–Kier alpha value is -2.88. The molecule has 1 aromatic heterocycles. The zero-order chi connectivity index (χ0) is 24.0. The van der Waals surface area contributed by atoms with E-state index in [0.29, 0.717) is 18.8 Å². The number of benzene rings is 2. The molecule has 0 N–H and O–H groups in total. The molecule has 0 amide bonds. The van der Waals surface area contributed by atoms with Crippen LogP contribution in [0.15, 0.2) is 54.7 Å². The Kier molecular flexibility index (Phi) is 10.9. The topological polar surface area (TPSA) is 48.4 Å². The van der Waals surface area contributed by atoms with Crippen LogP contribution in [-0.4, -0.2) is 17.6 Å². The highest BCUT2D eigenvalue weighted by atomic mass is 16.5. The molecule has 0 aliphatic heterocycles. The van der Waals surface area contributed by atoms with Gasteiger partial charge in [0.15, 0.2) is 0 Å². The van der Waals surface area contributed by atoms with Crippen molar-refractivity contribution in [2.24, 2.45) is 0 Å². The van der Waals surface area contributed by atoms with E-state index in [1.165, 1.54) is 57.8 Å². The molecule has 2 aromatic carbocycles. The van der Waals surface area contributed by atoms with E-state index in [1.54, 1.807) is 19.2 Å². The van der Waals surface area contributed by atoms with Crippen LogP contribution < -0.4 is 9.47 Å². The number of unbranched alkanes of at least 4 members (excludes halogenated alkanes) is 9. The summed E-state index contributed by atoms with van der Waals surface area (Å²) in [5.74, 6) is 1.07. The van der Waals surface area contributed by atoms with Crippen LogP contribution in [0.2, 0.25) is 0 Å². The average Bonchev–Trinajstić information content (AvgIpc) is 2.87. The number of hydrogen-bond acceptors (Lipinski definition) is 4. The molecular weight excluding hydrogens is 422 g/mol. The third kappa shape index (κ3) is 7.86. The van der Waals surface area contributed by atoms with Crippen LogP contribution >= 0.6 is 0 Å². The van der Waals surface area contributed by atoms with Crippen LogP contribution in [-0.2, 0) is 4.79 Å². The molecular formula is C30H39NO3. The van der Waals surface area contributed by atoms with E-state index in [1.807, 2.05) is 30.3 Å². The molecule has 4 heteroatoms. The zero-order valence-electron chi connectivity index (χ0n) is 20.9. The van der Waals surface area contributed by atoms with Crippen molar-refractivity contribution in [1.82, 2.24) is 4.98 Å². The van der Waals surface area contributed by atoms with Gasteiger partial charge in [-0.3, -0.25) is 9.78 Å². The first-order valence-corrected chi connectivity index (χ1v) is 13.0. The predicted molar refractivity (Wildman–Crippen MR) is 140 cm³/mol. The third-order valence-corrected chi connectivity index (χ3v) is 6.16. The minimum atomic E-state index is -0.257. The maximum absolute atomic E-state index is 11.9. The van der Waals surface area contributed by atoms with Crippen molar-refractivity contribution >= 4 is 16.9 Å². The highest BCUT2D eigenvalue weighted by molar-refractivity contribution is 5.93. The van der Waals surface area contributed by atoms with E-state index in [0.717, 1.165) is 34.2 Å². The molecule has 182 valence electrons. The highest BCUT2D eigenvalue weighted by Crippen LogP contribution is 2.37. The van der Waals surface area contributed by atoms with Gasteiger partial charge in [-0.1, -0.05) is 102 Å². The highest BCUT2D eigenvalue weighted by Gasteiger charge is 2.14. The minimum Gasteiger partial charge on any atom is -0.493 e. The summed E-state index contributed by atoms with van der Waals surface area (Å²) in [5.41, 5.74) is 2.87. The van der Waals surface area contributed by atoms with Crippen LogP contribution in [0.3, 0.4) is 0 Å².